The highest BCUT2D eigenvalue weighted by Crippen LogP contribution is 2.24. The van der Waals surface area contributed by atoms with Gasteiger partial charge >= 0.3 is 0 Å². The molecule has 1 aromatic carbocycles. The van der Waals surface area contributed by atoms with Crippen LogP contribution in [0.3, 0.4) is 0 Å². The molecule has 0 radical (unpaired) electrons. The van der Waals surface area contributed by atoms with E-state index in [2.05, 4.69) is 39.2 Å². The second-order valence-electron chi connectivity index (χ2n) is 5.75. The Morgan fingerprint density at radius 1 is 1.36 bits per heavy atom. The van der Waals surface area contributed by atoms with E-state index >= 15 is 0 Å². The summed E-state index contributed by atoms with van der Waals surface area (Å²) in [5, 5.41) is 0. The van der Waals surface area contributed by atoms with Gasteiger partial charge in [0.2, 0.25) is 0 Å². The Hall–Kier alpha value is -2.07. The van der Waals surface area contributed by atoms with Crippen molar-refractivity contribution in [3.05, 3.63) is 54.1 Å². The van der Waals surface area contributed by atoms with Crippen LogP contribution in [-0.2, 0) is 0 Å². The highest BCUT2D eigenvalue weighted by Gasteiger charge is 2.21. The molecule has 4 heteroatoms. The van der Waals surface area contributed by atoms with Crippen LogP contribution < -0.4 is 4.74 Å². The summed E-state index contributed by atoms with van der Waals surface area (Å²) in [6, 6.07) is 8.15. The van der Waals surface area contributed by atoms with Crippen molar-refractivity contribution in [2.24, 2.45) is 0 Å². The maximum Gasteiger partial charge on any atom is 0.118 e. The fraction of sp³-hybridized carbons (Fsp3) is 0.389. The van der Waals surface area contributed by atoms with Gasteiger partial charge in [-0.2, -0.15) is 0 Å². The van der Waals surface area contributed by atoms with Crippen LogP contribution in [0.4, 0.5) is 0 Å². The van der Waals surface area contributed by atoms with Gasteiger partial charge in [0.1, 0.15) is 11.6 Å². The molecule has 0 saturated carbocycles. The predicted octanol–water partition coefficient (Wildman–Crippen LogP) is 3.31. The molecule has 0 spiro atoms. The van der Waals surface area contributed by atoms with Crippen LogP contribution in [0.25, 0.3) is 6.08 Å². The number of benzene rings is 1. The van der Waals surface area contributed by atoms with Crippen LogP contribution in [0.2, 0.25) is 0 Å². The maximum absolute atomic E-state index is 5.17. The number of rotatable bonds is 5. The molecule has 1 saturated heterocycles. The summed E-state index contributed by atoms with van der Waals surface area (Å²) in [5.41, 5.74) is 1.21. The molecule has 1 N–H and O–H groups in total. The Morgan fingerprint density at radius 2 is 2.23 bits per heavy atom. The van der Waals surface area contributed by atoms with E-state index in [-0.39, 0.29) is 0 Å². The Balaban J connectivity index is 1.53. The zero-order valence-corrected chi connectivity index (χ0v) is 13.0. The van der Waals surface area contributed by atoms with Crippen LogP contribution >= 0.6 is 0 Å². The lowest BCUT2D eigenvalue weighted by Crippen LogP contribution is -2.34. The predicted molar refractivity (Wildman–Crippen MR) is 89.0 cm³/mol. The number of nitrogens with zero attached hydrogens (tertiary/aromatic N) is 2. The first-order valence-electron chi connectivity index (χ1n) is 7.87. The first-order chi connectivity index (χ1) is 10.8. The summed E-state index contributed by atoms with van der Waals surface area (Å²) >= 11 is 0. The van der Waals surface area contributed by atoms with Crippen molar-refractivity contribution in [3.63, 3.8) is 0 Å². The van der Waals surface area contributed by atoms with Crippen LogP contribution in [0.15, 0.2) is 42.7 Å². The smallest absolute Gasteiger partial charge is 0.118 e. The number of likely N-dealkylation sites (tertiary alicyclic amines) is 1. The van der Waals surface area contributed by atoms with Gasteiger partial charge < -0.3 is 9.72 Å². The molecular formula is C18H23N3O. The van der Waals surface area contributed by atoms with Gasteiger partial charge in [0.05, 0.1) is 7.11 Å². The lowest BCUT2D eigenvalue weighted by Gasteiger charge is -2.30. The van der Waals surface area contributed by atoms with Crippen LogP contribution in [0.5, 0.6) is 5.75 Å². The summed E-state index contributed by atoms with van der Waals surface area (Å²) in [5.74, 6) is 2.57. The molecule has 2 aromatic rings. The fourth-order valence-electron chi connectivity index (χ4n) is 3.00. The van der Waals surface area contributed by atoms with Gasteiger partial charge in [-0.15, -0.1) is 0 Å². The molecule has 1 aliphatic heterocycles. The van der Waals surface area contributed by atoms with E-state index in [4.69, 9.17) is 4.74 Å². The van der Waals surface area contributed by atoms with Gasteiger partial charge in [0.25, 0.3) is 0 Å². The molecule has 22 heavy (non-hydrogen) atoms. The zero-order chi connectivity index (χ0) is 15.2. The average Bonchev–Trinajstić information content (AvgIpc) is 3.10. The summed E-state index contributed by atoms with van der Waals surface area (Å²) < 4.78 is 5.17. The number of imidazole rings is 1. The number of methoxy groups -OCH3 is 1. The van der Waals surface area contributed by atoms with E-state index in [1.165, 1.54) is 24.9 Å². The first kappa shape index (κ1) is 14.9. The lowest BCUT2D eigenvalue weighted by atomic mass is 9.97. The minimum Gasteiger partial charge on any atom is -0.497 e. The third-order valence-electron chi connectivity index (χ3n) is 4.20. The standard InChI is InChI=1S/C18H23N3O/c1-22-17-8-6-15(7-9-17)4-2-12-21-13-3-5-16(14-21)18-19-10-11-20-18/h2,4,6-11,16H,3,5,12-14H2,1H3,(H,19,20). The monoisotopic (exact) mass is 297 g/mol. The minimum atomic E-state index is 0.540. The van der Waals surface area contributed by atoms with Crippen molar-refractivity contribution >= 4 is 6.08 Å². The second-order valence-corrected chi connectivity index (χ2v) is 5.75. The molecule has 0 amide bonds. The molecule has 0 bridgehead atoms. The van der Waals surface area contributed by atoms with Crippen LogP contribution in [0, 0.1) is 0 Å². The number of piperidine rings is 1. The normalized spacial score (nSPS) is 19.6. The number of hydrogen-bond acceptors (Lipinski definition) is 3. The number of aromatic amines is 1. The summed E-state index contributed by atoms with van der Waals surface area (Å²) in [6.07, 6.45) is 10.6. The van der Waals surface area contributed by atoms with Crippen molar-refractivity contribution in [2.75, 3.05) is 26.7 Å². The van der Waals surface area contributed by atoms with Crippen LogP contribution in [-0.4, -0.2) is 41.6 Å². The second kappa shape index (κ2) is 7.27. The van der Waals surface area contributed by atoms with Gasteiger partial charge in [0.15, 0.2) is 0 Å². The third-order valence-corrected chi connectivity index (χ3v) is 4.20. The summed E-state index contributed by atoms with van der Waals surface area (Å²) in [7, 11) is 1.69. The molecule has 2 heterocycles. The molecule has 4 nitrogen and oxygen atoms in total. The Labute approximate surface area is 131 Å². The van der Waals surface area contributed by atoms with E-state index in [0.717, 1.165) is 24.7 Å². The molecule has 3 rings (SSSR count). The number of ether oxygens (including phenoxy) is 1. The van der Waals surface area contributed by atoms with Gasteiger partial charge in [-0.1, -0.05) is 24.3 Å². The van der Waals surface area contributed by atoms with E-state index in [1.807, 2.05) is 24.5 Å². The van der Waals surface area contributed by atoms with E-state index in [1.54, 1.807) is 7.11 Å². The van der Waals surface area contributed by atoms with Crippen molar-refractivity contribution in [1.29, 1.82) is 0 Å². The molecule has 1 fully saturated rings. The van der Waals surface area contributed by atoms with E-state index < -0.39 is 0 Å². The Morgan fingerprint density at radius 3 is 2.95 bits per heavy atom. The third kappa shape index (κ3) is 3.77. The molecule has 1 aliphatic rings. The highest BCUT2D eigenvalue weighted by molar-refractivity contribution is 5.50. The fourth-order valence-corrected chi connectivity index (χ4v) is 3.00. The van der Waals surface area contributed by atoms with Crippen molar-refractivity contribution in [2.45, 2.75) is 18.8 Å². The van der Waals surface area contributed by atoms with Gasteiger partial charge in [-0.05, 0) is 37.1 Å². The number of H-pyrrole nitrogens is 1. The number of aromatic nitrogens is 2. The van der Waals surface area contributed by atoms with E-state index in [9.17, 15) is 0 Å². The van der Waals surface area contributed by atoms with E-state index in [0.29, 0.717) is 5.92 Å². The molecular weight excluding hydrogens is 274 g/mol. The average molecular weight is 297 g/mol. The Kier molecular flexibility index (Phi) is 4.91. The van der Waals surface area contributed by atoms with Crippen molar-refractivity contribution in [1.82, 2.24) is 14.9 Å². The maximum atomic E-state index is 5.17. The van der Waals surface area contributed by atoms with Gasteiger partial charge in [-0.25, -0.2) is 4.98 Å². The summed E-state index contributed by atoms with van der Waals surface area (Å²) in [4.78, 5) is 10.2. The highest BCUT2D eigenvalue weighted by atomic mass is 16.5. The lowest BCUT2D eigenvalue weighted by molar-refractivity contribution is 0.224. The Bertz CT molecular complexity index is 589. The van der Waals surface area contributed by atoms with Gasteiger partial charge in [0, 0.05) is 31.4 Å². The van der Waals surface area contributed by atoms with Crippen LogP contribution in [0.1, 0.15) is 30.1 Å². The van der Waals surface area contributed by atoms with Crippen molar-refractivity contribution in [3.8, 4) is 5.75 Å². The molecule has 1 aromatic heterocycles. The number of hydrogen-bond donors (Lipinski definition) is 1. The van der Waals surface area contributed by atoms with Crippen molar-refractivity contribution < 1.29 is 4.74 Å². The molecule has 0 aliphatic carbocycles. The minimum absolute atomic E-state index is 0.540. The van der Waals surface area contributed by atoms with Gasteiger partial charge in [-0.3, -0.25) is 4.90 Å². The topological polar surface area (TPSA) is 41.1 Å². The molecule has 1 atom stereocenters. The summed E-state index contributed by atoms with van der Waals surface area (Å²) in [6.45, 7) is 3.24. The zero-order valence-electron chi connectivity index (χ0n) is 13.0. The first-order valence-corrected chi connectivity index (χ1v) is 7.87. The largest absolute Gasteiger partial charge is 0.497 e. The SMILES string of the molecule is COc1ccc(C=CCN2CCCC(c3ncc[nH]3)C2)cc1. The quantitative estimate of drug-likeness (QED) is 0.920. The molecule has 116 valence electrons. The number of nitrogens with one attached hydrogen (secondary N) is 1. The molecule has 1 unspecified atom stereocenters.